The zero-order valence-corrected chi connectivity index (χ0v) is 16.2. The molecule has 0 N–H and O–H groups in total. The fourth-order valence-corrected chi connectivity index (χ4v) is 4.98. The Kier molecular flexibility index (Phi) is 4.71. The lowest BCUT2D eigenvalue weighted by atomic mass is 10.1. The van der Waals surface area contributed by atoms with Crippen LogP contribution in [0.2, 0.25) is 0 Å². The summed E-state index contributed by atoms with van der Waals surface area (Å²) in [6, 6.07) is 10.4. The average Bonchev–Trinajstić information content (AvgIpc) is 2.90. The van der Waals surface area contributed by atoms with Crippen LogP contribution in [0.5, 0.6) is 5.75 Å². The lowest BCUT2D eigenvalue weighted by Crippen LogP contribution is -2.16. The van der Waals surface area contributed by atoms with Gasteiger partial charge in [-0.05, 0) is 68.3 Å². The van der Waals surface area contributed by atoms with E-state index in [4.69, 9.17) is 4.74 Å². The molecule has 0 saturated carbocycles. The second-order valence-electron chi connectivity index (χ2n) is 5.77. The first-order valence-corrected chi connectivity index (χ1v) is 10.2. The van der Waals surface area contributed by atoms with E-state index < -0.39 is 10.0 Å². The summed E-state index contributed by atoms with van der Waals surface area (Å²) in [7, 11) is -2.24. The number of benzene rings is 2. The molecule has 3 rings (SSSR count). The van der Waals surface area contributed by atoms with Crippen LogP contribution in [0.25, 0.3) is 10.2 Å². The minimum Gasteiger partial charge on any atom is -0.497 e. The van der Waals surface area contributed by atoms with E-state index in [2.05, 4.69) is 30.4 Å². The van der Waals surface area contributed by atoms with Gasteiger partial charge in [-0.2, -0.15) is 8.42 Å². The van der Waals surface area contributed by atoms with Crippen molar-refractivity contribution in [1.29, 1.82) is 0 Å². The first-order chi connectivity index (χ1) is 11.9. The third-order valence-corrected chi connectivity index (χ3v) is 6.61. The predicted molar refractivity (Wildman–Crippen MR) is 101 cm³/mol. The summed E-state index contributed by atoms with van der Waals surface area (Å²) in [6.45, 7) is 6.74. The monoisotopic (exact) mass is 376 g/mol. The van der Waals surface area contributed by atoms with Crippen LogP contribution in [0.4, 0.5) is 0 Å². The molecule has 3 aromatic rings. The van der Waals surface area contributed by atoms with Crippen molar-refractivity contribution in [3.8, 4) is 5.75 Å². The molecule has 132 valence electrons. The molecule has 0 atom stereocenters. The number of hydrogen-bond acceptors (Lipinski definition) is 4. The fourth-order valence-electron chi connectivity index (χ4n) is 2.60. The molecule has 1 aromatic heterocycles. The van der Waals surface area contributed by atoms with Crippen LogP contribution in [0.1, 0.15) is 18.1 Å². The van der Waals surface area contributed by atoms with Gasteiger partial charge in [0.15, 0.2) is 0 Å². The number of hydrogen-bond donors (Lipinski definition) is 0. The maximum absolute atomic E-state index is 12.7. The van der Waals surface area contributed by atoms with Crippen molar-refractivity contribution in [2.45, 2.75) is 32.2 Å². The van der Waals surface area contributed by atoms with E-state index in [1.165, 1.54) is 34.6 Å². The summed E-state index contributed by atoms with van der Waals surface area (Å²) in [5.74, 6) is 0.607. The Bertz CT molecular complexity index is 1090. The number of ether oxygens (including phenoxy) is 1. The van der Waals surface area contributed by atoms with Gasteiger partial charge >= 0.3 is 0 Å². The molecule has 7 heteroatoms. The van der Waals surface area contributed by atoms with E-state index in [-0.39, 0.29) is 4.90 Å². The third-order valence-electron chi connectivity index (χ3n) is 4.17. The second kappa shape index (κ2) is 6.65. The molecule has 0 fully saturated rings. The minimum atomic E-state index is -3.78. The number of fused-ring (bicyclic) bond motifs is 1. The molecule has 0 saturated heterocycles. The molecule has 5 nitrogen and oxygen atoms in total. The minimum absolute atomic E-state index is 0.153. The van der Waals surface area contributed by atoms with E-state index >= 15 is 0 Å². The molecule has 0 radical (unpaired) electrons. The Balaban J connectivity index is 2.19. The highest BCUT2D eigenvalue weighted by atomic mass is 32.2. The van der Waals surface area contributed by atoms with Crippen molar-refractivity contribution in [2.24, 2.45) is 4.40 Å². The largest absolute Gasteiger partial charge is 0.497 e. The molecule has 0 amide bonds. The van der Waals surface area contributed by atoms with Gasteiger partial charge in [0.2, 0.25) is 4.80 Å². The molecule has 0 aliphatic carbocycles. The molecular formula is C18H20N2O3S2. The van der Waals surface area contributed by atoms with Crippen molar-refractivity contribution in [2.75, 3.05) is 7.11 Å². The number of rotatable bonds is 4. The molecule has 0 unspecified atom stereocenters. The van der Waals surface area contributed by atoms with Crippen molar-refractivity contribution in [3.05, 3.63) is 52.3 Å². The Morgan fingerprint density at radius 3 is 2.36 bits per heavy atom. The van der Waals surface area contributed by atoms with Crippen molar-refractivity contribution in [1.82, 2.24) is 4.57 Å². The fraction of sp³-hybridized carbons (Fsp3) is 0.278. The number of aromatic nitrogens is 1. The lowest BCUT2D eigenvalue weighted by Gasteiger charge is -2.04. The summed E-state index contributed by atoms with van der Waals surface area (Å²) in [6.07, 6.45) is 0. The number of thiazole rings is 1. The van der Waals surface area contributed by atoms with Gasteiger partial charge in [0.25, 0.3) is 10.0 Å². The number of nitrogens with zero attached hydrogens (tertiary/aromatic N) is 2. The first kappa shape index (κ1) is 17.7. The highest BCUT2D eigenvalue weighted by Crippen LogP contribution is 2.23. The maximum Gasteiger partial charge on any atom is 0.285 e. The maximum atomic E-state index is 12.7. The van der Waals surface area contributed by atoms with Gasteiger partial charge in [0.05, 0.1) is 22.2 Å². The molecular weight excluding hydrogens is 356 g/mol. The Hall–Kier alpha value is -2.12. The van der Waals surface area contributed by atoms with E-state index in [1.807, 2.05) is 11.5 Å². The number of methoxy groups -OCH3 is 1. The van der Waals surface area contributed by atoms with Gasteiger partial charge in [-0.3, -0.25) is 0 Å². The Labute approximate surface area is 151 Å². The van der Waals surface area contributed by atoms with Gasteiger partial charge in [0.1, 0.15) is 5.75 Å². The normalized spacial score (nSPS) is 12.7. The Morgan fingerprint density at radius 1 is 1.12 bits per heavy atom. The summed E-state index contributed by atoms with van der Waals surface area (Å²) in [5.41, 5.74) is 3.37. The summed E-state index contributed by atoms with van der Waals surface area (Å²) >= 11 is 1.39. The van der Waals surface area contributed by atoms with Crippen LogP contribution in [-0.2, 0) is 16.6 Å². The molecule has 0 bridgehead atoms. The van der Waals surface area contributed by atoms with E-state index in [0.717, 1.165) is 10.2 Å². The van der Waals surface area contributed by atoms with Crippen LogP contribution in [0.15, 0.2) is 45.7 Å². The SMILES string of the molecule is CCn1/c(=N/S(=O)(=O)c2ccc(OC)cc2)sc2cc(C)c(C)cc21. The van der Waals surface area contributed by atoms with Gasteiger partial charge in [-0.25, -0.2) is 0 Å². The lowest BCUT2D eigenvalue weighted by molar-refractivity contribution is 0.414. The average molecular weight is 377 g/mol. The van der Waals surface area contributed by atoms with Crippen LogP contribution in [-0.4, -0.2) is 20.1 Å². The number of aryl methyl sites for hydroxylation is 3. The van der Waals surface area contributed by atoms with Crippen LogP contribution < -0.4 is 9.54 Å². The highest BCUT2D eigenvalue weighted by molar-refractivity contribution is 7.90. The summed E-state index contributed by atoms with van der Waals surface area (Å²) in [4.78, 5) is 0.638. The highest BCUT2D eigenvalue weighted by Gasteiger charge is 2.15. The van der Waals surface area contributed by atoms with Crippen LogP contribution in [0, 0.1) is 13.8 Å². The van der Waals surface area contributed by atoms with Gasteiger partial charge < -0.3 is 9.30 Å². The summed E-state index contributed by atoms with van der Waals surface area (Å²) in [5, 5.41) is 0. The zero-order valence-electron chi connectivity index (χ0n) is 14.6. The van der Waals surface area contributed by atoms with Crippen molar-refractivity contribution < 1.29 is 13.2 Å². The van der Waals surface area contributed by atoms with Gasteiger partial charge in [0, 0.05) is 6.54 Å². The van der Waals surface area contributed by atoms with Gasteiger partial charge in [-0.15, -0.1) is 4.40 Å². The smallest absolute Gasteiger partial charge is 0.285 e. The van der Waals surface area contributed by atoms with Gasteiger partial charge in [-0.1, -0.05) is 11.3 Å². The molecule has 0 spiro atoms. The summed E-state index contributed by atoms with van der Waals surface area (Å²) < 4.78 is 37.5. The molecule has 0 aliphatic rings. The standard InChI is InChI=1S/C18H20N2O3S2/c1-5-20-16-10-12(2)13(3)11-17(16)24-18(20)19-25(21,22)15-8-6-14(23-4)7-9-15/h6-11H,5H2,1-4H3/b19-18-. The predicted octanol–water partition coefficient (Wildman–Crippen LogP) is 3.64. The van der Waals surface area contributed by atoms with Crippen LogP contribution in [0.3, 0.4) is 0 Å². The molecule has 1 heterocycles. The quantitative estimate of drug-likeness (QED) is 0.698. The van der Waals surface area contributed by atoms with Crippen molar-refractivity contribution >= 4 is 31.6 Å². The topological polar surface area (TPSA) is 60.7 Å². The molecule has 2 aromatic carbocycles. The molecule has 0 aliphatic heterocycles. The van der Waals surface area contributed by atoms with E-state index in [0.29, 0.717) is 17.1 Å². The van der Waals surface area contributed by atoms with E-state index in [1.54, 1.807) is 19.2 Å². The number of sulfonamides is 1. The third kappa shape index (κ3) is 3.34. The second-order valence-corrected chi connectivity index (χ2v) is 8.39. The zero-order chi connectivity index (χ0) is 18.2. The van der Waals surface area contributed by atoms with E-state index in [9.17, 15) is 8.42 Å². The first-order valence-electron chi connectivity index (χ1n) is 7.91. The van der Waals surface area contributed by atoms with Crippen molar-refractivity contribution in [3.63, 3.8) is 0 Å². The van der Waals surface area contributed by atoms with Crippen LogP contribution >= 0.6 is 11.3 Å². The molecule has 25 heavy (non-hydrogen) atoms. The Morgan fingerprint density at radius 2 is 1.76 bits per heavy atom.